The van der Waals surface area contributed by atoms with Gasteiger partial charge in [-0.15, -0.1) is 0 Å². The third-order valence-electron chi connectivity index (χ3n) is 5.20. The molecular formula is C24H27N3O2S. The molecule has 5 nitrogen and oxygen atoms in total. The number of thioether (sulfide) groups is 1. The van der Waals surface area contributed by atoms with Crippen LogP contribution in [0.25, 0.3) is 11.3 Å². The van der Waals surface area contributed by atoms with Crippen molar-refractivity contribution in [1.82, 2.24) is 14.5 Å². The first kappa shape index (κ1) is 20.7. The number of hydrogen-bond acceptors (Lipinski definition) is 4. The lowest BCUT2D eigenvalue weighted by Crippen LogP contribution is -2.34. The van der Waals surface area contributed by atoms with E-state index in [1.807, 2.05) is 59.6 Å². The molecule has 0 N–H and O–H groups in total. The van der Waals surface area contributed by atoms with Crippen molar-refractivity contribution in [2.45, 2.75) is 30.6 Å². The summed E-state index contributed by atoms with van der Waals surface area (Å²) in [4.78, 5) is 19.5. The summed E-state index contributed by atoms with van der Waals surface area (Å²) in [5.41, 5.74) is 3.42. The number of benzene rings is 2. The summed E-state index contributed by atoms with van der Waals surface area (Å²) >= 11 is 1.53. The first-order chi connectivity index (χ1) is 14.8. The average molecular weight is 422 g/mol. The van der Waals surface area contributed by atoms with E-state index >= 15 is 0 Å². The zero-order chi connectivity index (χ0) is 20.8. The second kappa shape index (κ2) is 9.96. The van der Waals surface area contributed by atoms with Crippen LogP contribution in [0.3, 0.4) is 0 Å². The minimum Gasteiger partial charge on any atom is -0.383 e. The van der Waals surface area contributed by atoms with Crippen molar-refractivity contribution in [3.8, 4) is 11.3 Å². The van der Waals surface area contributed by atoms with E-state index in [4.69, 9.17) is 4.74 Å². The summed E-state index contributed by atoms with van der Waals surface area (Å²) in [6.45, 7) is 1.70. The highest BCUT2D eigenvalue weighted by atomic mass is 32.2. The van der Waals surface area contributed by atoms with Crippen LogP contribution in [0, 0.1) is 0 Å². The van der Waals surface area contributed by atoms with Crippen molar-refractivity contribution in [3.05, 3.63) is 72.4 Å². The molecule has 0 unspecified atom stereocenters. The van der Waals surface area contributed by atoms with Crippen molar-refractivity contribution in [2.75, 3.05) is 26.0 Å². The van der Waals surface area contributed by atoms with E-state index in [2.05, 4.69) is 21.7 Å². The molecule has 0 spiro atoms. The Hall–Kier alpha value is -2.57. The summed E-state index contributed by atoms with van der Waals surface area (Å²) < 4.78 is 7.53. The van der Waals surface area contributed by atoms with Gasteiger partial charge in [0.2, 0.25) is 5.91 Å². The monoisotopic (exact) mass is 421 g/mol. The van der Waals surface area contributed by atoms with Crippen LogP contribution in [0.2, 0.25) is 0 Å². The molecule has 30 heavy (non-hydrogen) atoms. The smallest absolute Gasteiger partial charge is 0.233 e. The van der Waals surface area contributed by atoms with E-state index in [9.17, 15) is 4.79 Å². The second-order valence-corrected chi connectivity index (χ2v) is 8.42. The topological polar surface area (TPSA) is 47.4 Å². The van der Waals surface area contributed by atoms with Gasteiger partial charge in [-0.25, -0.2) is 4.98 Å². The van der Waals surface area contributed by atoms with Crippen molar-refractivity contribution in [3.63, 3.8) is 0 Å². The molecule has 0 aliphatic heterocycles. The van der Waals surface area contributed by atoms with Gasteiger partial charge in [0, 0.05) is 26.2 Å². The third-order valence-corrected chi connectivity index (χ3v) is 6.16. The molecule has 1 fully saturated rings. The predicted molar refractivity (Wildman–Crippen MR) is 120 cm³/mol. The quantitative estimate of drug-likeness (QED) is 0.447. The van der Waals surface area contributed by atoms with Gasteiger partial charge in [-0.3, -0.25) is 4.79 Å². The van der Waals surface area contributed by atoms with Crippen LogP contribution in [-0.2, 0) is 16.1 Å². The third kappa shape index (κ3) is 5.12. The molecule has 2 aromatic carbocycles. The lowest BCUT2D eigenvalue weighted by molar-refractivity contribution is -0.129. The minimum atomic E-state index is 0.104. The molecule has 3 aromatic rings. The summed E-state index contributed by atoms with van der Waals surface area (Å²) in [7, 11) is 1.66. The Morgan fingerprint density at radius 1 is 1.13 bits per heavy atom. The Morgan fingerprint density at radius 2 is 1.83 bits per heavy atom. The van der Waals surface area contributed by atoms with Crippen molar-refractivity contribution >= 4 is 17.7 Å². The van der Waals surface area contributed by atoms with Crippen molar-refractivity contribution in [2.24, 2.45) is 0 Å². The highest BCUT2D eigenvalue weighted by molar-refractivity contribution is 7.99. The molecule has 0 bridgehead atoms. The number of methoxy groups -OCH3 is 1. The van der Waals surface area contributed by atoms with E-state index in [0.29, 0.717) is 31.5 Å². The number of nitrogens with zero attached hydrogens (tertiary/aromatic N) is 3. The molecule has 1 aliphatic carbocycles. The van der Waals surface area contributed by atoms with Gasteiger partial charge in [-0.1, -0.05) is 72.4 Å². The fraction of sp³-hybridized carbons (Fsp3) is 0.333. The largest absolute Gasteiger partial charge is 0.383 e. The second-order valence-electron chi connectivity index (χ2n) is 7.48. The first-order valence-electron chi connectivity index (χ1n) is 10.3. The summed E-state index contributed by atoms with van der Waals surface area (Å²) in [5, 5.41) is 0.927. The van der Waals surface area contributed by atoms with Crippen LogP contribution in [0.5, 0.6) is 0 Å². The van der Waals surface area contributed by atoms with Gasteiger partial charge in [0.05, 0.1) is 24.3 Å². The molecule has 1 saturated carbocycles. The molecular weight excluding hydrogens is 394 g/mol. The Balaban J connectivity index is 1.46. The molecule has 6 heteroatoms. The van der Waals surface area contributed by atoms with Gasteiger partial charge in [0.25, 0.3) is 0 Å². The highest BCUT2D eigenvalue weighted by Gasteiger charge is 2.29. The standard InChI is InChI=1S/C24H27N3O2S/c1-29-15-14-26(17-19-8-4-2-5-9-19)23(28)18-30-24-25-16-22(27(24)21-12-13-21)20-10-6-3-7-11-20/h2-11,16,21H,12-15,17-18H2,1H3. The highest BCUT2D eigenvalue weighted by Crippen LogP contribution is 2.41. The summed E-state index contributed by atoms with van der Waals surface area (Å²) in [5.74, 6) is 0.474. The molecule has 1 aliphatic rings. The van der Waals surface area contributed by atoms with Crippen molar-refractivity contribution in [1.29, 1.82) is 0 Å². The zero-order valence-corrected chi connectivity index (χ0v) is 18.1. The SMILES string of the molecule is COCCN(Cc1ccccc1)C(=O)CSc1ncc(-c2ccccc2)n1C1CC1. The van der Waals surface area contributed by atoms with E-state index in [-0.39, 0.29) is 5.91 Å². The van der Waals surface area contributed by atoms with Crippen LogP contribution in [0.15, 0.2) is 72.0 Å². The number of carbonyl (C=O) groups is 1. The Labute approximate surface area is 182 Å². The van der Waals surface area contributed by atoms with E-state index in [1.165, 1.54) is 30.2 Å². The van der Waals surface area contributed by atoms with Crippen LogP contribution in [0.4, 0.5) is 0 Å². The molecule has 1 heterocycles. The average Bonchev–Trinajstić information content (AvgIpc) is 3.55. The zero-order valence-electron chi connectivity index (χ0n) is 17.2. The lowest BCUT2D eigenvalue weighted by Gasteiger charge is -2.22. The molecule has 0 saturated heterocycles. The van der Waals surface area contributed by atoms with E-state index < -0.39 is 0 Å². The maximum Gasteiger partial charge on any atom is 0.233 e. The normalized spacial score (nSPS) is 13.4. The molecule has 1 aromatic heterocycles. The van der Waals surface area contributed by atoms with Crippen LogP contribution < -0.4 is 0 Å². The Morgan fingerprint density at radius 3 is 2.50 bits per heavy atom. The molecule has 156 valence electrons. The van der Waals surface area contributed by atoms with E-state index in [1.54, 1.807) is 7.11 Å². The van der Waals surface area contributed by atoms with E-state index in [0.717, 1.165) is 16.4 Å². The van der Waals surface area contributed by atoms with Crippen LogP contribution >= 0.6 is 11.8 Å². The van der Waals surface area contributed by atoms with Gasteiger partial charge < -0.3 is 14.2 Å². The number of rotatable bonds is 10. The number of amides is 1. The summed E-state index contributed by atoms with van der Waals surface area (Å²) in [6.07, 6.45) is 4.28. The number of aromatic nitrogens is 2. The predicted octanol–water partition coefficient (Wildman–Crippen LogP) is 4.65. The lowest BCUT2D eigenvalue weighted by atomic mass is 10.2. The minimum absolute atomic E-state index is 0.104. The van der Waals surface area contributed by atoms with Gasteiger partial charge >= 0.3 is 0 Å². The number of hydrogen-bond donors (Lipinski definition) is 0. The first-order valence-corrected chi connectivity index (χ1v) is 11.3. The van der Waals surface area contributed by atoms with Gasteiger partial charge in [0.15, 0.2) is 5.16 Å². The maximum absolute atomic E-state index is 13.0. The van der Waals surface area contributed by atoms with Crippen LogP contribution in [-0.4, -0.2) is 46.4 Å². The number of carbonyl (C=O) groups excluding carboxylic acids is 1. The fourth-order valence-corrected chi connectivity index (χ4v) is 4.42. The molecule has 0 atom stereocenters. The number of imidazole rings is 1. The van der Waals surface area contributed by atoms with Crippen LogP contribution in [0.1, 0.15) is 24.4 Å². The van der Waals surface area contributed by atoms with Gasteiger partial charge in [-0.05, 0) is 24.0 Å². The molecule has 1 amide bonds. The van der Waals surface area contributed by atoms with Gasteiger partial charge in [-0.2, -0.15) is 0 Å². The summed E-state index contributed by atoms with van der Waals surface area (Å²) in [6, 6.07) is 20.9. The maximum atomic E-state index is 13.0. The fourth-order valence-electron chi connectivity index (χ4n) is 3.47. The van der Waals surface area contributed by atoms with Crippen molar-refractivity contribution < 1.29 is 9.53 Å². The molecule has 4 rings (SSSR count). The Kier molecular flexibility index (Phi) is 6.87. The number of ether oxygens (including phenoxy) is 1. The Bertz CT molecular complexity index is 955. The van der Waals surface area contributed by atoms with Gasteiger partial charge in [0.1, 0.15) is 0 Å². The molecule has 0 radical (unpaired) electrons.